The molecule has 2 heterocycles. The SMILES string of the molecule is COc1ccc(C(O)=C2C(=O)C(=O)N(CCc3c[nH]c4ccc(OC)cc34)[C@@H]2c2cc(OC)ccc2OC)cc1. The van der Waals surface area contributed by atoms with Crippen LogP contribution in [0.15, 0.2) is 72.4 Å². The van der Waals surface area contributed by atoms with Gasteiger partial charge in [0.05, 0.1) is 40.1 Å². The highest BCUT2D eigenvalue weighted by Gasteiger charge is 2.47. The van der Waals surface area contributed by atoms with Crippen molar-refractivity contribution in [2.24, 2.45) is 0 Å². The zero-order valence-electron chi connectivity index (χ0n) is 22.7. The van der Waals surface area contributed by atoms with Gasteiger partial charge in [0.1, 0.15) is 28.8 Å². The molecule has 9 nitrogen and oxygen atoms in total. The van der Waals surface area contributed by atoms with E-state index >= 15 is 0 Å². The molecule has 1 atom stereocenters. The Bertz CT molecular complexity index is 1600. The second-order valence-electron chi connectivity index (χ2n) is 9.30. The van der Waals surface area contributed by atoms with Crippen LogP contribution >= 0.6 is 0 Å². The van der Waals surface area contributed by atoms with Crippen LogP contribution in [0.25, 0.3) is 16.7 Å². The molecule has 1 aromatic heterocycles. The van der Waals surface area contributed by atoms with Crippen molar-refractivity contribution in [3.05, 3.63) is 89.1 Å². The molecule has 1 saturated heterocycles. The molecule has 0 bridgehead atoms. The summed E-state index contributed by atoms with van der Waals surface area (Å²) < 4.78 is 21.7. The molecule has 0 unspecified atom stereocenters. The lowest BCUT2D eigenvalue weighted by molar-refractivity contribution is -0.139. The molecule has 1 aliphatic heterocycles. The average Bonchev–Trinajstić information content (AvgIpc) is 3.52. The quantitative estimate of drug-likeness (QED) is 0.176. The number of aromatic amines is 1. The van der Waals surface area contributed by atoms with E-state index in [1.165, 1.54) is 19.1 Å². The molecule has 206 valence electrons. The van der Waals surface area contributed by atoms with Crippen LogP contribution in [-0.4, -0.2) is 61.7 Å². The maximum absolute atomic E-state index is 13.5. The van der Waals surface area contributed by atoms with E-state index in [9.17, 15) is 14.7 Å². The summed E-state index contributed by atoms with van der Waals surface area (Å²) in [5.41, 5.74) is 2.78. The van der Waals surface area contributed by atoms with Gasteiger partial charge in [-0.05, 0) is 72.6 Å². The lowest BCUT2D eigenvalue weighted by atomic mass is 9.94. The average molecular weight is 543 g/mol. The highest BCUT2D eigenvalue weighted by atomic mass is 16.5. The highest BCUT2D eigenvalue weighted by Crippen LogP contribution is 2.44. The van der Waals surface area contributed by atoms with Crippen LogP contribution in [0.5, 0.6) is 23.0 Å². The Morgan fingerprint density at radius 2 is 1.50 bits per heavy atom. The lowest BCUT2D eigenvalue weighted by Crippen LogP contribution is -2.31. The second kappa shape index (κ2) is 11.1. The number of likely N-dealkylation sites (tertiary alicyclic amines) is 1. The first-order valence-electron chi connectivity index (χ1n) is 12.7. The predicted octanol–water partition coefficient (Wildman–Crippen LogP) is 4.87. The lowest BCUT2D eigenvalue weighted by Gasteiger charge is -2.27. The maximum atomic E-state index is 13.5. The summed E-state index contributed by atoms with van der Waals surface area (Å²) in [5, 5.41) is 12.4. The molecule has 0 spiro atoms. The number of hydrogen-bond acceptors (Lipinski definition) is 7. The number of methoxy groups -OCH3 is 4. The molecule has 1 aliphatic rings. The van der Waals surface area contributed by atoms with Crippen LogP contribution in [0.3, 0.4) is 0 Å². The summed E-state index contributed by atoms with van der Waals surface area (Å²) in [4.78, 5) is 31.8. The van der Waals surface area contributed by atoms with Crippen molar-refractivity contribution in [3.8, 4) is 23.0 Å². The van der Waals surface area contributed by atoms with Gasteiger partial charge >= 0.3 is 0 Å². The second-order valence-corrected chi connectivity index (χ2v) is 9.30. The van der Waals surface area contributed by atoms with Crippen LogP contribution in [0, 0.1) is 0 Å². The molecule has 0 saturated carbocycles. The first kappa shape index (κ1) is 26.7. The van der Waals surface area contributed by atoms with E-state index < -0.39 is 17.7 Å². The Labute approximate surface area is 231 Å². The largest absolute Gasteiger partial charge is 0.507 e. The van der Waals surface area contributed by atoms with Gasteiger partial charge in [-0.1, -0.05) is 0 Å². The first-order valence-corrected chi connectivity index (χ1v) is 12.7. The van der Waals surface area contributed by atoms with Gasteiger partial charge in [-0.2, -0.15) is 0 Å². The van der Waals surface area contributed by atoms with Gasteiger partial charge < -0.3 is 33.9 Å². The monoisotopic (exact) mass is 542 g/mol. The molecule has 9 heteroatoms. The van der Waals surface area contributed by atoms with Crippen molar-refractivity contribution in [1.82, 2.24) is 9.88 Å². The molecule has 4 aromatic rings. The van der Waals surface area contributed by atoms with E-state index in [0.717, 1.165) is 22.2 Å². The Morgan fingerprint density at radius 3 is 2.17 bits per heavy atom. The molecular formula is C31H30N2O7. The van der Waals surface area contributed by atoms with E-state index in [4.69, 9.17) is 18.9 Å². The van der Waals surface area contributed by atoms with Gasteiger partial charge in [0, 0.05) is 34.8 Å². The van der Waals surface area contributed by atoms with Gasteiger partial charge in [-0.25, -0.2) is 0 Å². The number of ketones is 1. The first-order chi connectivity index (χ1) is 19.4. The molecule has 40 heavy (non-hydrogen) atoms. The Hall–Kier alpha value is -4.92. The molecule has 2 N–H and O–H groups in total. The Balaban J connectivity index is 1.61. The number of amides is 1. The number of aliphatic hydroxyl groups is 1. The van der Waals surface area contributed by atoms with Crippen LogP contribution in [0.1, 0.15) is 22.7 Å². The summed E-state index contributed by atoms with van der Waals surface area (Å²) in [5.74, 6) is 0.527. The Kier molecular flexibility index (Phi) is 7.37. The van der Waals surface area contributed by atoms with Gasteiger partial charge in [-0.15, -0.1) is 0 Å². The summed E-state index contributed by atoms with van der Waals surface area (Å²) in [6, 6.07) is 16.6. The van der Waals surface area contributed by atoms with Crippen LogP contribution < -0.4 is 18.9 Å². The number of nitrogens with zero attached hydrogens (tertiary/aromatic N) is 1. The zero-order chi connectivity index (χ0) is 28.4. The highest BCUT2D eigenvalue weighted by molar-refractivity contribution is 6.46. The molecule has 1 fully saturated rings. The fourth-order valence-corrected chi connectivity index (χ4v) is 5.12. The number of rotatable bonds is 9. The number of benzene rings is 3. The van der Waals surface area contributed by atoms with E-state index in [1.807, 2.05) is 24.4 Å². The van der Waals surface area contributed by atoms with E-state index in [-0.39, 0.29) is 17.9 Å². The topological polar surface area (TPSA) is 110 Å². The third kappa shape index (κ3) is 4.70. The summed E-state index contributed by atoms with van der Waals surface area (Å²) in [7, 11) is 6.20. The van der Waals surface area contributed by atoms with Crippen molar-refractivity contribution in [2.75, 3.05) is 35.0 Å². The fourth-order valence-electron chi connectivity index (χ4n) is 5.12. The number of carbonyl (C=O) groups excluding carboxylic acids is 2. The van der Waals surface area contributed by atoms with Crippen molar-refractivity contribution in [3.63, 3.8) is 0 Å². The van der Waals surface area contributed by atoms with E-state index in [0.29, 0.717) is 34.8 Å². The normalized spacial score (nSPS) is 16.4. The minimum Gasteiger partial charge on any atom is -0.507 e. The minimum atomic E-state index is -0.910. The third-order valence-electron chi connectivity index (χ3n) is 7.23. The summed E-state index contributed by atoms with van der Waals surface area (Å²) in [6.45, 7) is 0.207. The number of Topliss-reactive ketones (excluding diaryl/α,β-unsaturated/α-hetero) is 1. The number of fused-ring (bicyclic) bond motifs is 1. The van der Waals surface area contributed by atoms with Crippen molar-refractivity contribution in [2.45, 2.75) is 12.5 Å². The number of ether oxygens (including phenoxy) is 4. The third-order valence-corrected chi connectivity index (χ3v) is 7.23. The summed E-state index contributed by atoms with van der Waals surface area (Å²) >= 11 is 0. The number of hydrogen-bond donors (Lipinski definition) is 2. The zero-order valence-corrected chi connectivity index (χ0v) is 22.7. The van der Waals surface area contributed by atoms with Crippen molar-refractivity contribution in [1.29, 1.82) is 0 Å². The maximum Gasteiger partial charge on any atom is 0.295 e. The van der Waals surface area contributed by atoms with Gasteiger partial charge in [-0.3, -0.25) is 9.59 Å². The number of H-pyrrole nitrogens is 1. The number of carbonyl (C=O) groups is 2. The smallest absolute Gasteiger partial charge is 0.295 e. The number of nitrogens with one attached hydrogen (secondary N) is 1. The van der Waals surface area contributed by atoms with Crippen molar-refractivity contribution >= 4 is 28.4 Å². The minimum absolute atomic E-state index is 0.0256. The molecule has 0 radical (unpaired) electrons. The molecule has 0 aliphatic carbocycles. The van der Waals surface area contributed by atoms with Crippen LogP contribution in [0.2, 0.25) is 0 Å². The summed E-state index contributed by atoms with van der Waals surface area (Å²) in [6.07, 6.45) is 2.34. The van der Waals surface area contributed by atoms with Gasteiger partial charge in [0.15, 0.2) is 0 Å². The Morgan fingerprint density at radius 1 is 0.850 bits per heavy atom. The molecule has 3 aromatic carbocycles. The standard InChI is InChI=1S/C31H30N2O7/c1-37-20-7-5-18(6-8-20)29(34)27-28(24-16-22(39-3)10-12-26(24)40-4)33(31(36)30(27)35)14-13-19-17-32-25-11-9-21(38-2)15-23(19)25/h5-12,15-17,28,32,34H,13-14H2,1-4H3/t28-/m1/s1. The molecule has 5 rings (SSSR count). The van der Waals surface area contributed by atoms with Gasteiger partial charge in [0.25, 0.3) is 11.7 Å². The number of aromatic nitrogens is 1. The molecular weight excluding hydrogens is 512 g/mol. The van der Waals surface area contributed by atoms with Crippen molar-refractivity contribution < 1.29 is 33.6 Å². The predicted molar refractivity (Wildman–Crippen MR) is 150 cm³/mol. The van der Waals surface area contributed by atoms with Gasteiger partial charge in [0.2, 0.25) is 0 Å². The molecule has 1 amide bonds. The fraction of sp³-hybridized carbons (Fsp3) is 0.226. The van der Waals surface area contributed by atoms with Crippen LogP contribution in [0.4, 0.5) is 0 Å². The van der Waals surface area contributed by atoms with Crippen LogP contribution in [-0.2, 0) is 16.0 Å². The number of aliphatic hydroxyl groups excluding tert-OH is 1. The van der Waals surface area contributed by atoms with E-state index in [1.54, 1.807) is 56.7 Å². The van der Waals surface area contributed by atoms with E-state index in [2.05, 4.69) is 4.98 Å².